The summed E-state index contributed by atoms with van der Waals surface area (Å²) in [7, 11) is 2.50. The number of nitrogens with one attached hydrogen (secondary N) is 1. The summed E-state index contributed by atoms with van der Waals surface area (Å²) < 4.78 is 36.2. The van der Waals surface area contributed by atoms with Crippen molar-refractivity contribution >= 4 is 21.6 Å². The largest absolute Gasteiger partial charge is 0.493 e. The van der Waals surface area contributed by atoms with E-state index in [9.17, 15) is 13.2 Å². The Kier molecular flexibility index (Phi) is 7.04. The number of anilines is 1. The smallest absolute Gasteiger partial charge is 0.242 e. The van der Waals surface area contributed by atoms with Gasteiger partial charge in [-0.3, -0.25) is 4.79 Å². The molecule has 1 N–H and O–H groups in total. The molecular formula is C20H26N2O5S. The molecule has 0 radical (unpaired) electrons. The molecule has 0 heterocycles. The van der Waals surface area contributed by atoms with Gasteiger partial charge in [0.25, 0.3) is 0 Å². The van der Waals surface area contributed by atoms with E-state index >= 15 is 0 Å². The number of sulfonamides is 1. The second-order valence-electron chi connectivity index (χ2n) is 6.50. The van der Waals surface area contributed by atoms with Gasteiger partial charge in [-0.25, -0.2) is 12.7 Å². The molecule has 7 nitrogen and oxygen atoms in total. The van der Waals surface area contributed by atoms with E-state index in [1.165, 1.54) is 26.2 Å². The van der Waals surface area contributed by atoms with Crippen molar-refractivity contribution in [3.63, 3.8) is 0 Å². The third-order valence-electron chi connectivity index (χ3n) is 4.35. The molecular weight excluding hydrogens is 380 g/mol. The molecule has 0 atom stereocenters. The van der Waals surface area contributed by atoms with Crippen LogP contribution in [0, 0.1) is 6.92 Å². The van der Waals surface area contributed by atoms with Crippen LogP contribution in [0.5, 0.6) is 11.5 Å². The number of aryl methyl sites for hydroxylation is 2. The minimum Gasteiger partial charge on any atom is -0.493 e. The molecule has 28 heavy (non-hydrogen) atoms. The van der Waals surface area contributed by atoms with Crippen molar-refractivity contribution in [1.29, 1.82) is 0 Å². The Morgan fingerprint density at radius 3 is 2.32 bits per heavy atom. The van der Waals surface area contributed by atoms with Crippen LogP contribution in [-0.4, -0.2) is 46.9 Å². The number of carbonyl (C=O) groups is 1. The molecule has 2 aromatic carbocycles. The van der Waals surface area contributed by atoms with E-state index in [0.29, 0.717) is 23.6 Å². The Labute approximate surface area is 166 Å². The number of rotatable bonds is 8. The van der Waals surface area contributed by atoms with Crippen LogP contribution in [0.4, 0.5) is 5.69 Å². The van der Waals surface area contributed by atoms with Crippen LogP contribution < -0.4 is 14.8 Å². The number of benzene rings is 2. The molecule has 152 valence electrons. The van der Waals surface area contributed by atoms with E-state index in [2.05, 4.69) is 5.32 Å². The molecule has 0 saturated heterocycles. The molecule has 2 rings (SSSR count). The quantitative estimate of drug-likeness (QED) is 0.729. The Morgan fingerprint density at radius 1 is 1.04 bits per heavy atom. The van der Waals surface area contributed by atoms with Gasteiger partial charge in [-0.05, 0) is 48.7 Å². The number of ether oxygens (including phenoxy) is 2. The molecule has 0 unspecified atom stereocenters. The minimum absolute atomic E-state index is 0.137. The van der Waals surface area contributed by atoms with Crippen LogP contribution in [0.1, 0.15) is 17.5 Å². The standard InChI is InChI=1S/C20H26N2O5S/c1-14-6-9-16(28(24,25)22(2)3)13-17(14)21-20(23)11-8-15-7-10-18(26-4)19(12-15)27-5/h6-7,9-10,12-13H,8,11H2,1-5H3,(H,21,23). The number of hydrogen-bond donors (Lipinski definition) is 1. The average molecular weight is 407 g/mol. The van der Waals surface area contributed by atoms with Crippen LogP contribution in [0.3, 0.4) is 0 Å². The number of carbonyl (C=O) groups excluding carboxylic acids is 1. The summed E-state index contributed by atoms with van der Waals surface area (Å²) >= 11 is 0. The third kappa shape index (κ3) is 5.02. The first-order valence-electron chi connectivity index (χ1n) is 8.73. The lowest BCUT2D eigenvalue weighted by Gasteiger charge is -2.14. The predicted octanol–water partition coefficient (Wildman–Crippen LogP) is 2.83. The molecule has 1 amide bonds. The molecule has 0 aliphatic carbocycles. The Hall–Kier alpha value is -2.58. The van der Waals surface area contributed by atoms with Gasteiger partial charge in [0.05, 0.1) is 19.1 Å². The first-order valence-corrected chi connectivity index (χ1v) is 10.2. The summed E-state index contributed by atoms with van der Waals surface area (Å²) in [5.74, 6) is 1.04. The first-order chi connectivity index (χ1) is 13.2. The van der Waals surface area contributed by atoms with Crippen molar-refractivity contribution in [3.05, 3.63) is 47.5 Å². The average Bonchev–Trinajstić information content (AvgIpc) is 2.67. The maximum atomic E-state index is 12.4. The maximum absolute atomic E-state index is 12.4. The van der Waals surface area contributed by atoms with Crippen LogP contribution >= 0.6 is 0 Å². The van der Waals surface area contributed by atoms with E-state index in [1.807, 2.05) is 19.1 Å². The second-order valence-corrected chi connectivity index (χ2v) is 8.65. The summed E-state index contributed by atoms with van der Waals surface area (Å²) in [6.07, 6.45) is 0.764. The molecule has 2 aromatic rings. The number of hydrogen-bond acceptors (Lipinski definition) is 5. The van der Waals surface area contributed by atoms with Gasteiger partial charge in [0.15, 0.2) is 11.5 Å². The molecule has 0 bridgehead atoms. The molecule has 0 aromatic heterocycles. The lowest BCUT2D eigenvalue weighted by molar-refractivity contribution is -0.116. The molecule has 0 aliphatic heterocycles. The van der Waals surface area contributed by atoms with E-state index in [0.717, 1.165) is 15.4 Å². The molecule has 8 heteroatoms. The van der Waals surface area contributed by atoms with E-state index in [4.69, 9.17) is 9.47 Å². The van der Waals surface area contributed by atoms with Gasteiger partial charge in [0.1, 0.15) is 0 Å². The van der Waals surface area contributed by atoms with Gasteiger partial charge in [-0.1, -0.05) is 12.1 Å². The lowest BCUT2D eigenvalue weighted by atomic mass is 10.1. The first kappa shape index (κ1) is 21.7. The highest BCUT2D eigenvalue weighted by Gasteiger charge is 2.18. The zero-order valence-corrected chi connectivity index (χ0v) is 17.6. The third-order valence-corrected chi connectivity index (χ3v) is 6.16. The van der Waals surface area contributed by atoms with Crippen LogP contribution in [-0.2, 0) is 21.2 Å². The zero-order chi connectivity index (χ0) is 20.9. The van der Waals surface area contributed by atoms with E-state index in [1.54, 1.807) is 26.4 Å². The topological polar surface area (TPSA) is 84.9 Å². The van der Waals surface area contributed by atoms with Crippen molar-refractivity contribution in [2.45, 2.75) is 24.7 Å². The summed E-state index contributed by atoms with van der Waals surface area (Å²) in [5, 5.41) is 2.81. The van der Waals surface area contributed by atoms with Crippen molar-refractivity contribution in [2.24, 2.45) is 0 Å². The molecule has 0 fully saturated rings. The molecule has 0 spiro atoms. The zero-order valence-electron chi connectivity index (χ0n) is 16.8. The SMILES string of the molecule is COc1ccc(CCC(=O)Nc2cc(S(=O)(=O)N(C)C)ccc2C)cc1OC. The monoisotopic (exact) mass is 406 g/mol. The molecule has 0 aliphatic rings. The summed E-state index contributed by atoms with van der Waals surface area (Å²) in [6.45, 7) is 1.82. The lowest BCUT2D eigenvalue weighted by Crippen LogP contribution is -2.22. The minimum atomic E-state index is -3.57. The van der Waals surface area contributed by atoms with Crippen molar-refractivity contribution in [2.75, 3.05) is 33.6 Å². The van der Waals surface area contributed by atoms with E-state index < -0.39 is 10.0 Å². The predicted molar refractivity (Wildman–Crippen MR) is 109 cm³/mol. The van der Waals surface area contributed by atoms with Crippen LogP contribution in [0.25, 0.3) is 0 Å². The van der Waals surface area contributed by atoms with E-state index in [-0.39, 0.29) is 17.2 Å². The summed E-state index contributed by atoms with van der Waals surface area (Å²) in [6, 6.07) is 10.2. The van der Waals surface area contributed by atoms with Crippen molar-refractivity contribution in [1.82, 2.24) is 4.31 Å². The highest BCUT2D eigenvalue weighted by atomic mass is 32.2. The fourth-order valence-electron chi connectivity index (χ4n) is 2.61. The number of amides is 1. The van der Waals surface area contributed by atoms with Gasteiger partial charge in [0.2, 0.25) is 15.9 Å². The summed E-state index contributed by atoms with van der Waals surface area (Å²) in [5.41, 5.74) is 2.21. The van der Waals surface area contributed by atoms with Crippen LogP contribution in [0.2, 0.25) is 0 Å². The van der Waals surface area contributed by atoms with Gasteiger partial charge in [-0.2, -0.15) is 0 Å². The van der Waals surface area contributed by atoms with Gasteiger partial charge in [-0.15, -0.1) is 0 Å². The Morgan fingerprint density at radius 2 is 1.71 bits per heavy atom. The maximum Gasteiger partial charge on any atom is 0.242 e. The van der Waals surface area contributed by atoms with Gasteiger partial charge in [0, 0.05) is 26.2 Å². The van der Waals surface area contributed by atoms with Gasteiger partial charge < -0.3 is 14.8 Å². The second kappa shape index (κ2) is 9.07. The fourth-order valence-corrected chi connectivity index (χ4v) is 3.54. The highest BCUT2D eigenvalue weighted by Crippen LogP contribution is 2.28. The molecule has 0 saturated carbocycles. The van der Waals surface area contributed by atoms with Crippen molar-refractivity contribution in [3.8, 4) is 11.5 Å². The number of methoxy groups -OCH3 is 2. The normalized spacial score (nSPS) is 11.4. The summed E-state index contributed by atoms with van der Waals surface area (Å²) in [4.78, 5) is 12.5. The van der Waals surface area contributed by atoms with Crippen molar-refractivity contribution < 1.29 is 22.7 Å². The highest BCUT2D eigenvalue weighted by molar-refractivity contribution is 7.89. The fraction of sp³-hybridized carbons (Fsp3) is 0.350. The Balaban J connectivity index is 2.09. The Bertz CT molecular complexity index is 955. The number of nitrogens with zero attached hydrogens (tertiary/aromatic N) is 1. The van der Waals surface area contributed by atoms with Crippen LogP contribution in [0.15, 0.2) is 41.3 Å². The van der Waals surface area contributed by atoms with Gasteiger partial charge >= 0.3 is 0 Å².